The molecular formula is C66H49NO2S. The highest BCUT2D eigenvalue weighted by atomic mass is 32.2. The number of ether oxygens (including phenoxy) is 2. The van der Waals surface area contributed by atoms with Gasteiger partial charge < -0.3 is 14.4 Å². The fourth-order valence-corrected chi connectivity index (χ4v) is 14.1. The standard InChI is InChI=1S/C66H49NO2S/c1-5-19-53-42(6-2)44-22-10-14-29-54(44)66(53)55-30-15-11-24-46(55)51-37-61-62(38-57(51)66)68-60-33-18-26-49(63(60)69-61)48-25-12-16-31-58(48)67(59-32-17-27-50-43-21-8-7-20-40(43)39-70-64(50)59)41-34-35-47-45-23-9-13-28-52(45)65(3,4)56(47)36-41/h5-16,18-31,33-38H,2,17,32,39H2,1,3-4H3/b19-5-. The monoisotopic (exact) mass is 919 g/mol. The Kier molecular flexibility index (Phi) is 9.04. The first-order valence-corrected chi connectivity index (χ1v) is 25.5. The van der Waals surface area contributed by atoms with E-state index in [0.29, 0.717) is 23.0 Å². The van der Waals surface area contributed by atoms with Crippen molar-refractivity contribution in [1.82, 2.24) is 0 Å². The molecule has 0 bridgehead atoms. The second kappa shape index (κ2) is 15.4. The molecule has 8 aromatic carbocycles. The van der Waals surface area contributed by atoms with Crippen LogP contribution in [0.25, 0.3) is 44.5 Å². The highest BCUT2D eigenvalue weighted by Gasteiger charge is 2.52. The van der Waals surface area contributed by atoms with Crippen molar-refractivity contribution in [3.63, 3.8) is 0 Å². The molecule has 3 nitrogen and oxygen atoms in total. The van der Waals surface area contributed by atoms with Gasteiger partial charge in [0.1, 0.15) is 0 Å². The molecule has 2 aliphatic heterocycles. The second-order valence-electron chi connectivity index (χ2n) is 19.7. The molecule has 1 unspecified atom stereocenters. The van der Waals surface area contributed by atoms with E-state index in [1.54, 1.807) is 0 Å². The molecule has 0 fully saturated rings. The van der Waals surface area contributed by atoms with Crippen molar-refractivity contribution in [3.8, 4) is 56.4 Å². The zero-order chi connectivity index (χ0) is 46.9. The molecule has 0 aromatic heterocycles. The third kappa shape index (κ3) is 5.60. The first kappa shape index (κ1) is 41.2. The topological polar surface area (TPSA) is 21.7 Å². The lowest BCUT2D eigenvalue weighted by atomic mass is 9.69. The Morgan fingerprint density at radius 3 is 2.03 bits per heavy atom. The van der Waals surface area contributed by atoms with Crippen molar-refractivity contribution in [2.45, 2.75) is 50.2 Å². The van der Waals surface area contributed by atoms with Gasteiger partial charge in [-0.05, 0) is 140 Å². The molecule has 8 aromatic rings. The van der Waals surface area contributed by atoms with Gasteiger partial charge in [-0.2, -0.15) is 0 Å². The van der Waals surface area contributed by atoms with Crippen LogP contribution in [0.4, 0.5) is 11.4 Å². The lowest BCUT2D eigenvalue weighted by Crippen LogP contribution is -2.26. The number of allylic oxidation sites excluding steroid dienone is 8. The highest BCUT2D eigenvalue weighted by molar-refractivity contribution is 8.03. The van der Waals surface area contributed by atoms with Crippen LogP contribution in [-0.4, -0.2) is 0 Å². The number of hydrogen-bond acceptors (Lipinski definition) is 4. The first-order valence-electron chi connectivity index (χ1n) is 24.6. The van der Waals surface area contributed by atoms with Gasteiger partial charge in [0, 0.05) is 38.6 Å². The largest absolute Gasteiger partial charge is 0.449 e. The Hall–Kier alpha value is -7.79. The molecule has 4 aliphatic carbocycles. The maximum absolute atomic E-state index is 7.26. The molecule has 70 heavy (non-hydrogen) atoms. The Morgan fingerprint density at radius 2 is 1.23 bits per heavy atom. The van der Waals surface area contributed by atoms with Crippen LogP contribution in [0.5, 0.6) is 23.0 Å². The Morgan fingerprint density at radius 1 is 0.571 bits per heavy atom. The number of rotatable bonds is 6. The van der Waals surface area contributed by atoms with E-state index < -0.39 is 5.41 Å². The van der Waals surface area contributed by atoms with Crippen LogP contribution in [0.1, 0.15) is 78.1 Å². The van der Waals surface area contributed by atoms with Crippen LogP contribution >= 0.6 is 11.8 Å². The quantitative estimate of drug-likeness (QED) is 0.166. The van der Waals surface area contributed by atoms with Gasteiger partial charge >= 0.3 is 0 Å². The van der Waals surface area contributed by atoms with E-state index in [2.05, 4.69) is 214 Å². The molecule has 1 atom stereocenters. The predicted molar refractivity (Wildman–Crippen MR) is 290 cm³/mol. The highest BCUT2D eigenvalue weighted by Crippen LogP contribution is 2.65. The minimum Gasteiger partial charge on any atom is -0.449 e. The SMILES string of the molecule is C=CC1=C(/C=C\C)C2(c3ccccc31)c1ccccc1-c1cc3c(cc12)Oc1cccc(-c2ccccc2N(C2=C4SCc5ccccc5C4=CCC2)c2ccc4c(c2)C(C)(C)c2ccccc2-4)c1O3. The molecule has 0 radical (unpaired) electrons. The number of anilines is 2. The summed E-state index contributed by atoms with van der Waals surface area (Å²) in [5, 5.41) is 0. The van der Waals surface area contributed by atoms with E-state index in [1.165, 1.54) is 82.9 Å². The van der Waals surface area contributed by atoms with Crippen LogP contribution in [-0.2, 0) is 16.6 Å². The number of hydrogen-bond donors (Lipinski definition) is 0. The van der Waals surface area contributed by atoms with Crippen LogP contribution < -0.4 is 14.4 Å². The minimum atomic E-state index is -0.542. The van der Waals surface area contributed by atoms with Crippen molar-refractivity contribution in [2.75, 3.05) is 4.90 Å². The first-order chi connectivity index (χ1) is 34.4. The molecule has 2 heterocycles. The van der Waals surface area contributed by atoms with Crippen LogP contribution in [0, 0.1) is 0 Å². The van der Waals surface area contributed by atoms with Crippen molar-refractivity contribution in [3.05, 3.63) is 261 Å². The number of thioether (sulfide) groups is 1. The number of para-hydroxylation sites is 2. The van der Waals surface area contributed by atoms with Gasteiger partial charge in [0.25, 0.3) is 0 Å². The maximum Gasteiger partial charge on any atom is 0.178 e. The van der Waals surface area contributed by atoms with Gasteiger partial charge in [0.2, 0.25) is 0 Å². The zero-order valence-corrected chi connectivity index (χ0v) is 40.3. The summed E-state index contributed by atoms with van der Waals surface area (Å²) >= 11 is 1.97. The summed E-state index contributed by atoms with van der Waals surface area (Å²) in [6.45, 7) is 11.2. The zero-order valence-electron chi connectivity index (χ0n) is 39.5. The van der Waals surface area contributed by atoms with Crippen molar-refractivity contribution >= 4 is 34.3 Å². The van der Waals surface area contributed by atoms with E-state index in [4.69, 9.17) is 9.47 Å². The molecule has 336 valence electrons. The van der Waals surface area contributed by atoms with Gasteiger partial charge in [0.05, 0.1) is 11.1 Å². The summed E-state index contributed by atoms with van der Waals surface area (Å²) in [6.07, 6.45) is 10.8. The van der Waals surface area contributed by atoms with Gasteiger partial charge in [-0.1, -0.05) is 178 Å². The lowest BCUT2D eigenvalue weighted by molar-refractivity contribution is 0.360. The van der Waals surface area contributed by atoms with Gasteiger partial charge in [-0.15, -0.1) is 11.8 Å². The molecule has 4 heteroatoms. The summed E-state index contributed by atoms with van der Waals surface area (Å²) in [5.41, 5.74) is 24.1. The Bertz CT molecular complexity index is 3750. The van der Waals surface area contributed by atoms with Gasteiger partial charge in [0.15, 0.2) is 23.0 Å². The van der Waals surface area contributed by atoms with E-state index in [-0.39, 0.29) is 5.41 Å². The smallest absolute Gasteiger partial charge is 0.178 e. The minimum absolute atomic E-state index is 0.155. The van der Waals surface area contributed by atoms with Crippen molar-refractivity contribution < 1.29 is 9.47 Å². The normalized spacial score (nSPS) is 18.1. The second-order valence-corrected chi connectivity index (χ2v) is 20.7. The molecule has 6 aliphatic rings. The van der Waals surface area contributed by atoms with E-state index in [0.717, 1.165) is 52.2 Å². The summed E-state index contributed by atoms with van der Waals surface area (Å²) < 4.78 is 14.4. The fourth-order valence-electron chi connectivity index (χ4n) is 12.9. The summed E-state index contributed by atoms with van der Waals surface area (Å²) in [7, 11) is 0. The van der Waals surface area contributed by atoms with Crippen molar-refractivity contribution in [2.24, 2.45) is 0 Å². The van der Waals surface area contributed by atoms with E-state index >= 15 is 0 Å². The van der Waals surface area contributed by atoms with Crippen LogP contribution in [0.15, 0.2) is 217 Å². The summed E-state index contributed by atoms with van der Waals surface area (Å²) in [4.78, 5) is 3.93. The molecule has 0 saturated heterocycles. The molecule has 0 N–H and O–H groups in total. The van der Waals surface area contributed by atoms with Crippen molar-refractivity contribution in [1.29, 1.82) is 0 Å². The number of benzene rings is 8. The van der Waals surface area contributed by atoms with Crippen LogP contribution in [0.2, 0.25) is 0 Å². The van der Waals surface area contributed by atoms with Crippen LogP contribution in [0.3, 0.4) is 0 Å². The van der Waals surface area contributed by atoms with E-state index in [1.807, 2.05) is 23.9 Å². The molecule has 1 spiro atoms. The summed E-state index contributed by atoms with van der Waals surface area (Å²) in [6, 6.07) is 62.4. The number of fused-ring (bicyclic) bond motifs is 15. The van der Waals surface area contributed by atoms with Gasteiger partial charge in [-0.3, -0.25) is 0 Å². The number of nitrogens with zero attached hydrogens (tertiary/aromatic N) is 1. The average molecular weight is 920 g/mol. The Labute approximate surface area is 414 Å². The lowest BCUT2D eigenvalue weighted by Gasteiger charge is -2.36. The fraction of sp³-hybridized carbons (Fsp3) is 0.121. The Balaban J connectivity index is 0.937. The average Bonchev–Trinajstić information content (AvgIpc) is 3.94. The van der Waals surface area contributed by atoms with Gasteiger partial charge in [-0.25, -0.2) is 0 Å². The molecule has 0 saturated carbocycles. The molecule has 14 rings (SSSR count). The molecule has 0 amide bonds. The predicted octanol–water partition coefficient (Wildman–Crippen LogP) is 17.9. The summed E-state index contributed by atoms with van der Waals surface area (Å²) in [5.74, 6) is 3.76. The maximum atomic E-state index is 7.26. The third-order valence-corrected chi connectivity index (χ3v) is 17.0. The van der Waals surface area contributed by atoms with E-state index in [9.17, 15) is 0 Å². The third-order valence-electron chi connectivity index (χ3n) is 15.8. The molecular weight excluding hydrogens is 871 g/mol.